The van der Waals surface area contributed by atoms with E-state index in [4.69, 9.17) is 0 Å². The van der Waals surface area contributed by atoms with Crippen molar-refractivity contribution >= 4 is 0 Å². The minimum absolute atomic E-state index is 0.574. The number of rotatable bonds is 5. The zero-order valence-electron chi connectivity index (χ0n) is 11.8. The lowest BCUT2D eigenvalue weighted by atomic mass is 9.76. The Hall–Kier alpha value is -0.0800. The van der Waals surface area contributed by atoms with Crippen LogP contribution in [0, 0.1) is 5.41 Å². The minimum Gasteiger partial charge on any atom is -0.316 e. The second-order valence-corrected chi connectivity index (χ2v) is 6.38. The van der Waals surface area contributed by atoms with Gasteiger partial charge in [0.1, 0.15) is 0 Å². The Morgan fingerprint density at radius 1 is 1.24 bits per heavy atom. The van der Waals surface area contributed by atoms with Gasteiger partial charge in [-0.05, 0) is 51.1 Å². The largest absolute Gasteiger partial charge is 0.316 e. The van der Waals surface area contributed by atoms with Gasteiger partial charge in [0.25, 0.3) is 0 Å². The van der Waals surface area contributed by atoms with Crippen molar-refractivity contribution in [1.82, 2.24) is 10.2 Å². The van der Waals surface area contributed by atoms with Crippen molar-refractivity contribution < 1.29 is 0 Å². The van der Waals surface area contributed by atoms with E-state index in [2.05, 4.69) is 24.2 Å². The predicted octanol–water partition coefficient (Wildman–Crippen LogP) is 3.03. The molecule has 1 atom stereocenters. The maximum Gasteiger partial charge on any atom is 0.00924 e. The van der Waals surface area contributed by atoms with Gasteiger partial charge < -0.3 is 10.2 Å². The average molecular weight is 238 g/mol. The second kappa shape index (κ2) is 6.19. The van der Waals surface area contributed by atoms with Crippen LogP contribution in [0.2, 0.25) is 0 Å². The Kier molecular flexibility index (Phi) is 4.87. The molecule has 0 aromatic heterocycles. The molecule has 0 aromatic rings. The van der Waals surface area contributed by atoms with E-state index < -0.39 is 0 Å². The third kappa shape index (κ3) is 3.45. The third-order valence-electron chi connectivity index (χ3n) is 4.87. The standard InChI is InChI=1S/C15H30N2/c1-3-9-15(10-6-11-16-12-15)13-17(2)14-7-4-5-8-14/h14,16H,3-13H2,1-2H3. The molecule has 1 unspecified atom stereocenters. The predicted molar refractivity (Wildman–Crippen MR) is 74.3 cm³/mol. The number of piperidine rings is 1. The van der Waals surface area contributed by atoms with Gasteiger partial charge in [0, 0.05) is 19.1 Å². The van der Waals surface area contributed by atoms with Crippen molar-refractivity contribution in [3.05, 3.63) is 0 Å². The number of hydrogen-bond donors (Lipinski definition) is 1. The SMILES string of the molecule is CCCC1(CN(C)C2CCCC2)CCCNC1. The zero-order chi connectivity index (χ0) is 12.1. The van der Waals surface area contributed by atoms with Gasteiger partial charge in [0.05, 0.1) is 0 Å². The normalized spacial score (nSPS) is 31.2. The lowest BCUT2D eigenvalue weighted by molar-refractivity contribution is 0.0974. The summed E-state index contributed by atoms with van der Waals surface area (Å²) in [7, 11) is 2.36. The number of nitrogens with one attached hydrogen (secondary N) is 1. The van der Waals surface area contributed by atoms with Gasteiger partial charge in [0.2, 0.25) is 0 Å². The molecule has 1 aliphatic carbocycles. The molecule has 0 aromatic carbocycles. The highest BCUT2D eigenvalue weighted by atomic mass is 15.1. The molecular formula is C15H30N2. The first-order valence-corrected chi connectivity index (χ1v) is 7.67. The Morgan fingerprint density at radius 3 is 2.59 bits per heavy atom. The minimum atomic E-state index is 0.574. The summed E-state index contributed by atoms with van der Waals surface area (Å²) >= 11 is 0. The lowest BCUT2D eigenvalue weighted by Gasteiger charge is -2.42. The van der Waals surface area contributed by atoms with Gasteiger partial charge in [-0.3, -0.25) is 0 Å². The summed E-state index contributed by atoms with van der Waals surface area (Å²) in [4.78, 5) is 2.68. The summed E-state index contributed by atoms with van der Waals surface area (Å²) in [6, 6.07) is 0.880. The van der Waals surface area contributed by atoms with Crippen molar-refractivity contribution in [2.24, 2.45) is 5.41 Å². The van der Waals surface area contributed by atoms with E-state index in [9.17, 15) is 0 Å². The monoisotopic (exact) mass is 238 g/mol. The van der Waals surface area contributed by atoms with Crippen LogP contribution in [0.4, 0.5) is 0 Å². The smallest absolute Gasteiger partial charge is 0.00924 e. The summed E-state index contributed by atoms with van der Waals surface area (Å²) in [6.07, 6.45) is 11.3. The van der Waals surface area contributed by atoms with Gasteiger partial charge in [-0.2, -0.15) is 0 Å². The summed E-state index contributed by atoms with van der Waals surface area (Å²) in [5.41, 5.74) is 0.574. The lowest BCUT2D eigenvalue weighted by Crippen LogP contribution is -2.48. The van der Waals surface area contributed by atoms with Crippen LogP contribution in [0.15, 0.2) is 0 Å². The molecule has 0 radical (unpaired) electrons. The van der Waals surface area contributed by atoms with Gasteiger partial charge in [-0.15, -0.1) is 0 Å². The van der Waals surface area contributed by atoms with Crippen molar-refractivity contribution in [2.75, 3.05) is 26.7 Å². The van der Waals surface area contributed by atoms with Crippen LogP contribution in [-0.2, 0) is 0 Å². The molecule has 0 amide bonds. The summed E-state index contributed by atoms with van der Waals surface area (Å²) in [5, 5.41) is 3.63. The molecule has 1 heterocycles. The van der Waals surface area contributed by atoms with E-state index in [1.165, 1.54) is 71.0 Å². The summed E-state index contributed by atoms with van der Waals surface area (Å²) < 4.78 is 0. The first-order valence-electron chi connectivity index (χ1n) is 7.67. The van der Waals surface area contributed by atoms with Crippen molar-refractivity contribution in [1.29, 1.82) is 0 Å². The fourth-order valence-electron chi connectivity index (χ4n) is 3.99. The highest BCUT2D eigenvalue weighted by molar-refractivity contribution is 4.89. The quantitative estimate of drug-likeness (QED) is 0.792. The Labute approximate surface area is 107 Å². The fourth-order valence-corrected chi connectivity index (χ4v) is 3.99. The highest BCUT2D eigenvalue weighted by Crippen LogP contribution is 2.34. The van der Waals surface area contributed by atoms with E-state index in [0.29, 0.717) is 5.41 Å². The molecule has 2 heteroatoms. The topological polar surface area (TPSA) is 15.3 Å². The maximum atomic E-state index is 3.63. The summed E-state index contributed by atoms with van der Waals surface area (Å²) in [5.74, 6) is 0. The Bertz CT molecular complexity index is 209. The van der Waals surface area contributed by atoms with Crippen LogP contribution < -0.4 is 5.32 Å². The Morgan fingerprint density at radius 2 is 2.00 bits per heavy atom. The second-order valence-electron chi connectivity index (χ2n) is 6.38. The first-order chi connectivity index (χ1) is 8.26. The van der Waals surface area contributed by atoms with E-state index in [-0.39, 0.29) is 0 Å². The van der Waals surface area contributed by atoms with Gasteiger partial charge in [-0.1, -0.05) is 26.2 Å². The van der Waals surface area contributed by atoms with Crippen LogP contribution >= 0.6 is 0 Å². The van der Waals surface area contributed by atoms with Crippen molar-refractivity contribution in [3.63, 3.8) is 0 Å². The number of nitrogens with zero attached hydrogens (tertiary/aromatic N) is 1. The molecule has 100 valence electrons. The van der Waals surface area contributed by atoms with E-state index >= 15 is 0 Å². The zero-order valence-corrected chi connectivity index (χ0v) is 11.8. The van der Waals surface area contributed by atoms with E-state index in [1.54, 1.807) is 0 Å². The molecule has 1 aliphatic heterocycles. The van der Waals surface area contributed by atoms with Gasteiger partial charge >= 0.3 is 0 Å². The first kappa shape index (κ1) is 13.4. The van der Waals surface area contributed by atoms with Crippen LogP contribution in [0.1, 0.15) is 58.3 Å². The van der Waals surface area contributed by atoms with Gasteiger partial charge in [0.15, 0.2) is 0 Å². The molecule has 2 nitrogen and oxygen atoms in total. The fraction of sp³-hybridized carbons (Fsp3) is 1.00. The average Bonchev–Trinajstić information content (AvgIpc) is 2.84. The molecule has 2 rings (SSSR count). The van der Waals surface area contributed by atoms with E-state index in [1.807, 2.05) is 0 Å². The number of hydrogen-bond acceptors (Lipinski definition) is 2. The summed E-state index contributed by atoms with van der Waals surface area (Å²) in [6.45, 7) is 6.14. The van der Waals surface area contributed by atoms with Crippen LogP contribution in [-0.4, -0.2) is 37.6 Å². The third-order valence-corrected chi connectivity index (χ3v) is 4.87. The molecule has 1 saturated heterocycles. The molecular weight excluding hydrogens is 208 g/mol. The molecule has 2 fully saturated rings. The maximum absolute atomic E-state index is 3.63. The molecule has 0 spiro atoms. The molecule has 2 aliphatic rings. The molecule has 1 N–H and O–H groups in total. The highest BCUT2D eigenvalue weighted by Gasteiger charge is 2.34. The molecule has 17 heavy (non-hydrogen) atoms. The van der Waals surface area contributed by atoms with E-state index in [0.717, 1.165) is 6.04 Å². The van der Waals surface area contributed by atoms with Crippen LogP contribution in [0.5, 0.6) is 0 Å². The van der Waals surface area contributed by atoms with Crippen LogP contribution in [0.3, 0.4) is 0 Å². The van der Waals surface area contributed by atoms with Gasteiger partial charge in [-0.25, -0.2) is 0 Å². The Balaban J connectivity index is 1.91. The van der Waals surface area contributed by atoms with Crippen molar-refractivity contribution in [3.8, 4) is 0 Å². The van der Waals surface area contributed by atoms with Crippen LogP contribution in [0.25, 0.3) is 0 Å². The molecule has 0 bridgehead atoms. The molecule has 1 saturated carbocycles. The van der Waals surface area contributed by atoms with Crippen molar-refractivity contribution in [2.45, 2.75) is 64.3 Å².